The maximum absolute atomic E-state index is 7.70. The van der Waals surface area contributed by atoms with Gasteiger partial charge in [0.15, 0.2) is 0 Å². The Labute approximate surface area is 59.6 Å². The first kappa shape index (κ1) is 5.65. The Morgan fingerprint density at radius 3 is 2.25 bits per heavy atom. The quantitative estimate of drug-likeness (QED) is 0.410. The van der Waals surface area contributed by atoms with Gasteiger partial charge in [-0.15, -0.1) is 0 Å². The molecule has 0 unspecified atom stereocenters. The first-order valence-corrected chi connectivity index (χ1v) is 10.0. The molecule has 0 aromatic heterocycles. The van der Waals surface area contributed by atoms with Gasteiger partial charge >= 0.3 is 61.2 Å². The van der Waals surface area contributed by atoms with Crippen LogP contribution in [-0.2, 0) is 0 Å². The van der Waals surface area contributed by atoms with E-state index in [0.717, 1.165) is 45.4 Å². The summed E-state index contributed by atoms with van der Waals surface area (Å²) in [6.07, 6.45) is 0. The molecule has 16 valence electrons. The molecule has 3 heteroatoms. The van der Waals surface area contributed by atoms with Crippen LogP contribution in [0.1, 0.15) is 0 Å². The molecule has 0 saturated carbocycles. The van der Waals surface area contributed by atoms with Crippen LogP contribution in [0, 0.1) is 10.2 Å². The number of rotatable bonds is 0. The van der Waals surface area contributed by atoms with Gasteiger partial charge in [0.2, 0.25) is 0 Å². The second kappa shape index (κ2) is 4.65. The summed E-state index contributed by atoms with van der Waals surface area (Å²) in [5.41, 5.74) is 0.410. The molecule has 0 aromatic rings. The maximum atomic E-state index is 7.70. The van der Waals surface area contributed by atoms with Crippen LogP contribution < -0.4 is 0 Å². The average molecular weight is 144 g/mol. The van der Waals surface area contributed by atoms with E-state index in [4.69, 9.17) is 5.26 Å². The number of hydrogen-bond donors (Lipinski definition) is 0. The molecule has 0 aliphatic rings. The van der Waals surface area contributed by atoms with Crippen LogP contribution in [0.4, 0.5) is 0 Å². The second-order valence-corrected chi connectivity index (χ2v) is 4.85. The molecule has 0 aliphatic carbocycles. The summed E-state index contributed by atoms with van der Waals surface area (Å²) in [5, 5.41) is 7.70. The van der Waals surface area contributed by atoms with E-state index in [0.29, 0.717) is 5.60 Å². The molecule has 0 N–H and O–H groups in total. The third kappa shape index (κ3) is 3.65. The molecule has 0 rings (SSSR count). The van der Waals surface area contributed by atoms with Crippen molar-refractivity contribution in [2.24, 2.45) is 0 Å². The van der Waals surface area contributed by atoms with Gasteiger partial charge in [-0.1, -0.05) is 0 Å². The van der Waals surface area contributed by atoms with E-state index < -0.39 is 0 Å². The van der Waals surface area contributed by atoms with Gasteiger partial charge in [-0.3, -0.25) is 0 Å². The summed E-state index contributed by atoms with van der Waals surface area (Å²) in [5.74, 6) is 0. The molecule has 0 aliphatic heterocycles. The van der Waals surface area contributed by atoms with Crippen molar-refractivity contribution in [3.63, 3.8) is 0 Å². The van der Waals surface area contributed by atoms with Crippen LogP contribution in [0.25, 0.3) is 0 Å². The van der Waals surface area contributed by atoms with Gasteiger partial charge in [-0.05, 0) is 0 Å². The minimum atomic E-state index is 0.410. The summed E-state index contributed by atoms with van der Waals surface area (Å²) in [6, 6.07) is 0. The van der Waals surface area contributed by atoms with Gasteiger partial charge in [-0.2, -0.15) is 0 Å². The molecule has 0 aromatic carbocycles. The van der Waals surface area contributed by atoms with Crippen molar-refractivity contribution in [3.8, 4) is 4.97 Å². The van der Waals surface area contributed by atoms with Gasteiger partial charge in [0.1, 0.15) is 0 Å². The first-order valence-electron chi connectivity index (χ1n) is 0.836. The van der Waals surface area contributed by atoms with E-state index in [9.17, 15) is 0 Å². The van der Waals surface area contributed by atoms with E-state index in [1.165, 1.54) is 0 Å². The summed E-state index contributed by atoms with van der Waals surface area (Å²) >= 11 is 0.814. The zero-order valence-electron chi connectivity index (χ0n) is 2.36. The Morgan fingerprint density at radius 2 is 2.25 bits per heavy atom. The van der Waals surface area contributed by atoms with Crippen LogP contribution >= 0.6 is 0 Å². The van der Waals surface area contributed by atoms with Crippen molar-refractivity contribution < 1.29 is 0 Å². The Kier molecular flexibility index (Phi) is 6.56. The summed E-state index contributed by atoms with van der Waals surface area (Å²) in [4.78, 5) is 2.08. The molecule has 4 heavy (non-hydrogen) atoms. The molecule has 0 radical (unpaired) electrons. The summed E-state index contributed by atoms with van der Waals surface area (Å²) in [6.45, 7) is 0. The monoisotopic (exact) mass is 145 g/mol. The topological polar surface area (TPSA) is 23.8 Å². The van der Waals surface area contributed by atoms with Gasteiger partial charge < -0.3 is 0 Å². The van der Waals surface area contributed by atoms with E-state index in [1.807, 2.05) is 0 Å². The van der Waals surface area contributed by atoms with Gasteiger partial charge in [0, 0.05) is 0 Å². The number of hydrogen-bond acceptors (Lipinski definition) is 1. The predicted molar refractivity (Wildman–Crippen MR) is 17.1 cm³/mol. The number of nitriles is 1. The number of nitrogens with zero attached hydrogens (tertiary/aromatic N) is 1. The summed E-state index contributed by atoms with van der Waals surface area (Å²) < 4.78 is 0. The standard InChI is InChI=1S/CHNSe.K/c2-1-3;/h3H;/q;+1/p-1. The fourth-order valence-electron chi connectivity index (χ4n) is 0. The third-order valence-electron chi connectivity index (χ3n) is 0.0913. The van der Waals surface area contributed by atoms with Crippen LogP contribution in [0.15, 0.2) is 0 Å². The Morgan fingerprint density at radius 1 is 2.00 bits per heavy atom. The van der Waals surface area contributed by atoms with Crippen molar-refractivity contribution in [1.29, 1.82) is 5.26 Å². The van der Waals surface area contributed by atoms with Gasteiger partial charge in [-0.25, -0.2) is 0 Å². The fourth-order valence-corrected chi connectivity index (χ4v) is 0. The van der Waals surface area contributed by atoms with Crippen molar-refractivity contribution in [2.45, 2.75) is 0 Å². The second-order valence-electron chi connectivity index (χ2n) is 0.295. The predicted octanol–water partition coefficient (Wildman–Crippen LogP) is -0.745. The Bertz CT molecular complexity index is 37.8. The normalized spacial score (nSPS) is 5.25. The van der Waals surface area contributed by atoms with Crippen LogP contribution in [0.5, 0.6) is 0 Å². The van der Waals surface area contributed by atoms with Crippen molar-refractivity contribution in [3.05, 3.63) is 0 Å². The zero-order chi connectivity index (χ0) is 3.41. The van der Waals surface area contributed by atoms with E-state index in [2.05, 4.69) is 4.97 Å². The van der Waals surface area contributed by atoms with E-state index in [1.54, 1.807) is 0 Å². The molecule has 0 bridgehead atoms. The molecule has 0 saturated heterocycles. The molecule has 0 fully saturated rings. The molecule has 0 spiro atoms. The Hall–Kier alpha value is 1.65. The zero-order valence-corrected chi connectivity index (χ0v) is 7.19. The van der Waals surface area contributed by atoms with E-state index in [-0.39, 0.29) is 0 Å². The molecule has 0 amide bonds. The van der Waals surface area contributed by atoms with Crippen LogP contribution in [0.3, 0.4) is 0 Å². The van der Waals surface area contributed by atoms with Crippen LogP contribution in [0.2, 0.25) is 0 Å². The molecular weight excluding hydrogens is 144 g/mol. The molecule has 1 nitrogen and oxygen atoms in total. The molecular formula is CKNSe. The minimum absolute atomic E-state index is 0.410. The Balaban J connectivity index is 2.43. The van der Waals surface area contributed by atoms with Crippen molar-refractivity contribution >= 4 is 51.0 Å². The van der Waals surface area contributed by atoms with Gasteiger partial charge in [0.05, 0.1) is 0 Å². The fraction of sp³-hybridized carbons (Fsp3) is 0. The van der Waals surface area contributed by atoms with Crippen molar-refractivity contribution in [1.82, 2.24) is 0 Å². The average Bonchev–Trinajstić information content (AvgIpc) is 1.37. The molecule has 0 heterocycles. The first-order chi connectivity index (χ1) is 1.91. The third-order valence-corrected chi connectivity index (χ3v) is 1.96. The summed E-state index contributed by atoms with van der Waals surface area (Å²) in [7, 11) is 0. The SMILES string of the molecule is N#C[Se][K]. The van der Waals surface area contributed by atoms with E-state index >= 15 is 0 Å². The molecule has 0 atom stereocenters. The van der Waals surface area contributed by atoms with Gasteiger partial charge in [0.25, 0.3) is 0 Å². The van der Waals surface area contributed by atoms with Crippen molar-refractivity contribution in [2.75, 3.05) is 0 Å². The van der Waals surface area contributed by atoms with Crippen LogP contribution in [-0.4, -0.2) is 51.0 Å².